The molecule has 4 heterocycles. The van der Waals surface area contributed by atoms with Crippen LogP contribution in [0.4, 0.5) is 0 Å². The van der Waals surface area contributed by atoms with Gasteiger partial charge < -0.3 is 18.9 Å². The summed E-state index contributed by atoms with van der Waals surface area (Å²) in [6, 6.07) is 4.19. The molecule has 3 aliphatic rings. The number of hydrogen-bond donors (Lipinski definition) is 0. The van der Waals surface area contributed by atoms with Crippen molar-refractivity contribution in [3.05, 3.63) is 45.8 Å². The van der Waals surface area contributed by atoms with Crippen molar-refractivity contribution in [3.63, 3.8) is 0 Å². The van der Waals surface area contributed by atoms with Gasteiger partial charge in [0.25, 0.3) is 0 Å². The molecule has 1 aromatic carbocycles. The van der Waals surface area contributed by atoms with E-state index in [4.69, 9.17) is 14.0 Å². The molecule has 1 unspecified atom stereocenters. The molecule has 0 bridgehead atoms. The first-order chi connectivity index (χ1) is 18.1. The average Bonchev–Trinajstić information content (AvgIpc) is 3.50. The van der Waals surface area contributed by atoms with Crippen molar-refractivity contribution in [2.24, 2.45) is 5.92 Å². The maximum atomic E-state index is 13.8. The fraction of sp³-hybridized carbons (Fsp3) is 0.571. The smallest absolute Gasteiger partial charge is 0.248 e. The van der Waals surface area contributed by atoms with Crippen LogP contribution in [0, 0.1) is 33.6 Å². The van der Waals surface area contributed by atoms with Crippen LogP contribution in [0.25, 0.3) is 12.2 Å². The van der Waals surface area contributed by atoms with E-state index in [1.54, 1.807) is 13.0 Å². The molecule has 9 nitrogen and oxygen atoms in total. The number of piperidine rings is 2. The van der Waals surface area contributed by atoms with Crippen molar-refractivity contribution in [3.8, 4) is 0 Å². The fourth-order valence-electron chi connectivity index (χ4n) is 6.01. The first-order valence-corrected chi connectivity index (χ1v) is 14.8. The Labute approximate surface area is 224 Å². The Balaban J connectivity index is 1.32. The van der Waals surface area contributed by atoms with Gasteiger partial charge in [0.2, 0.25) is 15.9 Å². The lowest BCUT2D eigenvalue weighted by Gasteiger charge is -2.40. The third-order valence-electron chi connectivity index (χ3n) is 7.95. The number of sulfonamides is 1. The number of aryl methyl sites for hydroxylation is 4. The van der Waals surface area contributed by atoms with Gasteiger partial charge in [0.05, 0.1) is 19.1 Å². The number of hydrogen-bond acceptors (Lipinski definition) is 7. The monoisotopic (exact) mass is 543 g/mol. The number of amides is 1. The van der Waals surface area contributed by atoms with E-state index in [2.05, 4.69) is 24.2 Å². The zero-order valence-corrected chi connectivity index (χ0v) is 23.5. The highest BCUT2D eigenvalue weighted by molar-refractivity contribution is 7.89. The summed E-state index contributed by atoms with van der Waals surface area (Å²) >= 11 is 0. The Bertz CT molecular complexity index is 1310. The Hall–Kier alpha value is -2.53. The highest BCUT2D eigenvalue weighted by Crippen LogP contribution is 2.34. The van der Waals surface area contributed by atoms with Gasteiger partial charge in [-0.3, -0.25) is 4.79 Å². The minimum absolute atomic E-state index is 0.00484. The van der Waals surface area contributed by atoms with Gasteiger partial charge >= 0.3 is 0 Å². The second kappa shape index (κ2) is 10.6. The standard InChI is InChI=1S/C28H37N3O6S/c1-19-16-20(2)24(21(3)17-19)7-8-25-26(22(4)29-37-25)38(33,34)31-11-5-6-23(18-31)27(32)30-12-9-28(10-13-30)35-14-15-36-28/h7-8,16-17,23H,5-6,9-15,18H2,1-4H3/b8-7+. The Morgan fingerprint density at radius 2 is 1.68 bits per heavy atom. The number of ether oxygens (including phenoxy) is 2. The predicted octanol–water partition coefficient (Wildman–Crippen LogP) is 3.84. The van der Waals surface area contributed by atoms with Crippen LogP contribution in [0.5, 0.6) is 0 Å². The number of nitrogens with zero attached hydrogens (tertiary/aromatic N) is 3. The quantitative estimate of drug-likeness (QED) is 0.565. The van der Waals surface area contributed by atoms with E-state index >= 15 is 0 Å². The van der Waals surface area contributed by atoms with E-state index in [0.717, 1.165) is 16.7 Å². The number of carbonyl (C=O) groups is 1. The van der Waals surface area contributed by atoms with E-state index in [1.165, 1.54) is 9.87 Å². The van der Waals surface area contributed by atoms with Crippen molar-refractivity contribution in [1.29, 1.82) is 0 Å². The average molecular weight is 544 g/mol. The fourth-order valence-corrected chi connectivity index (χ4v) is 7.79. The van der Waals surface area contributed by atoms with E-state index in [0.29, 0.717) is 64.2 Å². The minimum Gasteiger partial charge on any atom is -0.355 e. The number of likely N-dealkylation sites (tertiary alicyclic amines) is 1. The third-order valence-corrected chi connectivity index (χ3v) is 9.98. The molecule has 3 fully saturated rings. The summed E-state index contributed by atoms with van der Waals surface area (Å²) in [6.07, 6.45) is 6.14. The van der Waals surface area contributed by atoms with E-state index in [-0.39, 0.29) is 29.0 Å². The van der Waals surface area contributed by atoms with Crippen molar-refractivity contribution in [2.75, 3.05) is 39.4 Å². The van der Waals surface area contributed by atoms with Crippen molar-refractivity contribution >= 4 is 28.1 Å². The topological polar surface area (TPSA) is 102 Å². The summed E-state index contributed by atoms with van der Waals surface area (Å²) in [5.41, 5.74) is 4.72. The molecule has 1 spiro atoms. The predicted molar refractivity (Wildman–Crippen MR) is 143 cm³/mol. The van der Waals surface area contributed by atoms with Crippen LogP contribution < -0.4 is 0 Å². The normalized spacial score (nSPS) is 22.5. The second-order valence-corrected chi connectivity index (χ2v) is 12.6. The number of rotatable bonds is 5. The molecule has 0 N–H and O–H groups in total. The van der Waals surface area contributed by atoms with Crippen LogP contribution in [0.2, 0.25) is 0 Å². The summed E-state index contributed by atoms with van der Waals surface area (Å²) in [5, 5.41) is 3.98. The summed E-state index contributed by atoms with van der Waals surface area (Å²) < 4.78 is 46.1. The second-order valence-electron chi connectivity index (χ2n) is 10.7. The molecule has 3 aliphatic heterocycles. The lowest BCUT2D eigenvalue weighted by atomic mass is 9.96. The number of benzene rings is 1. The molecule has 5 rings (SSSR count). The van der Waals surface area contributed by atoms with Gasteiger partial charge in [-0.05, 0) is 63.3 Å². The van der Waals surface area contributed by atoms with Crippen LogP contribution in [-0.4, -0.2) is 73.9 Å². The van der Waals surface area contributed by atoms with Crippen molar-refractivity contribution in [1.82, 2.24) is 14.4 Å². The SMILES string of the molecule is Cc1cc(C)c(/C=C/c2onc(C)c2S(=O)(=O)N2CCCC(C(=O)N3CCC4(CC3)OCCO4)C2)c(C)c1. The summed E-state index contributed by atoms with van der Waals surface area (Å²) in [6.45, 7) is 10.6. The van der Waals surface area contributed by atoms with Gasteiger partial charge in [-0.2, -0.15) is 4.31 Å². The lowest BCUT2D eigenvalue weighted by molar-refractivity contribution is -0.188. The molecule has 1 aromatic heterocycles. The molecule has 38 heavy (non-hydrogen) atoms. The first-order valence-electron chi connectivity index (χ1n) is 13.4. The number of carbonyl (C=O) groups excluding carboxylic acids is 1. The molecule has 0 radical (unpaired) electrons. The highest BCUT2D eigenvalue weighted by Gasteiger charge is 2.43. The molecule has 1 atom stereocenters. The van der Waals surface area contributed by atoms with Crippen molar-refractivity contribution in [2.45, 2.75) is 64.1 Å². The van der Waals surface area contributed by atoms with Gasteiger partial charge in [-0.1, -0.05) is 28.9 Å². The van der Waals surface area contributed by atoms with Gasteiger partial charge in [-0.25, -0.2) is 8.42 Å². The van der Waals surface area contributed by atoms with Gasteiger partial charge in [0, 0.05) is 39.0 Å². The molecule has 206 valence electrons. The van der Waals surface area contributed by atoms with Crippen LogP contribution in [0.15, 0.2) is 21.6 Å². The third kappa shape index (κ3) is 5.19. The van der Waals surface area contributed by atoms with Crippen LogP contribution in [0.1, 0.15) is 59.4 Å². The molecular weight excluding hydrogens is 506 g/mol. The summed E-state index contributed by atoms with van der Waals surface area (Å²) in [5.74, 6) is -0.724. The maximum absolute atomic E-state index is 13.8. The molecule has 10 heteroatoms. The van der Waals surface area contributed by atoms with E-state index in [9.17, 15) is 13.2 Å². The van der Waals surface area contributed by atoms with Gasteiger partial charge in [0.1, 0.15) is 5.69 Å². The molecule has 3 saturated heterocycles. The molecule has 2 aromatic rings. The van der Waals surface area contributed by atoms with Gasteiger partial charge in [-0.15, -0.1) is 0 Å². The zero-order chi connectivity index (χ0) is 27.1. The molecule has 0 saturated carbocycles. The Kier molecular flexibility index (Phi) is 7.52. The Morgan fingerprint density at radius 1 is 1.03 bits per heavy atom. The first kappa shape index (κ1) is 27.1. The molecular formula is C28H37N3O6S. The van der Waals surface area contributed by atoms with Crippen molar-refractivity contribution < 1.29 is 27.2 Å². The van der Waals surface area contributed by atoms with Gasteiger partial charge in [0.15, 0.2) is 16.4 Å². The Morgan fingerprint density at radius 3 is 2.34 bits per heavy atom. The summed E-state index contributed by atoms with van der Waals surface area (Å²) in [4.78, 5) is 15.3. The zero-order valence-electron chi connectivity index (χ0n) is 22.7. The van der Waals surface area contributed by atoms with Crippen LogP contribution in [0.3, 0.4) is 0 Å². The maximum Gasteiger partial charge on any atom is 0.248 e. The van der Waals surface area contributed by atoms with E-state index < -0.39 is 15.8 Å². The minimum atomic E-state index is -3.91. The van der Waals surface area contributed by atoms with E-state index in [1.807, 2.05) is 24.8 Å². The van der Waals surface area contributed by atoms with Crippen LogP contribution >= 0.6 is 0 Å². The number of aromatic nitrogens is 1. The lowest BCUT2D eigenvalue weighted by Crippen LogP contribution is -2.51. The molecule has 1 amide bonds. The largest absolute Gasteiger partial charge is 0.355 e. The van der Waals surface area contributed by atoms with Crippen LogP contribution in [-0.2, 0) is 24.3 Å². The molecule has 0 aliphatic carbocycles. The summed E-state index contributed by atoms with van der Waals surface area (Å²) in [7, 11) is -3.91. The highest BCUT2D eigenvalue weighted by atomic mass is 32.2.